The summed E-state index contributed by atoms with van der Waals surface area (Å²) in [5.74, 6) is 0.489. The molecule has 9 nitrogen and oxygen atoms in total. The quantitative estimate of drug-likeness (QED) is 0.546. The Morgan fingerprint density at radius 3 is 2.44 bits per heavy atom. The molecule has 0 unspecified atom stereocenters. The van der Waals surface area contributed by atoms with Crippen molar-refractivity contribution in [2.24, 2.45) is 0 Å². The van der Waals surface area contributed by atoms with Crippen molar-refractivity contribution in [3.05, 3.63) is 34.6 Å². The Bertz CT molecular complexity index is 1340. The van der Waals surface area contributed by atoms with E-state index < -0.39 is 9.84 Å². The number of amides is 1. The molecule has 0 spiro atoms. The number of carbonyl (C=O) groups is 1. The van der Waals surface area contributed by atoms with Gasteiger partial charge >= 0.3 is 0 Å². The van der Waals surface area contributed by atoms with E-state index in [0.717, 1.165) is 23.6 Å². The fourth-order valence-electron chi connectivity index (χ4n) is 4.50. The molecule has 1 aliphatic heterocycles. The Morgan fingerprint density at radius 2 is 1.74 bits per heavy atom. The van der Waals surface area contributed by atoms with Crippen LogP contribution in [0.4, 0.5) is 5.82 Å². The molecule has 1 N–H and O–H groups in total. The van der Waals surface area contributed by atoms with Crippen molar-refractivity contribution in [2.45, 2.75) is 38.3 Å². The minimum absolute atomic E-state index is 0.00473. The van der Waals surface area contributed by atoms with Gasteiger partial charge in [0, 0.05) is 41.7 Å². The highest BCUT2D eigenvalue weighted by Crippen LogP contribution is 2.36. The number of hydrogen-bond donors (Lipinski definition) is 1. The number of hydrogen-bond acceptors (Lipinski definition) is 7. The summed E-state index contributed by atoms with van der Waals surface area (Å²) in [6.07, 6.45) is 7.93. The van der Waals surface area contributed by atoms with Gasteiger partial charge in [0.25, 0.3) is 0 Å². The van der Waals surface area contributed by atoms with E-state index in [-0.39, 0.29) is 37.0 Å². The molecule has 1 saturated heterocycles. The Labute approximate surface area is 207 Å². The van der Waals surface area contributed by atoms with Crippen LogP contribution in [0.25, 0.3) is 22.0 Å². The van der Waals surface area contributed by atoms with Crippen molar-refractivity contribution >= 4 is 55.5 Å². The fraction of sp³-hybridized carbons (Fsp3) is 0.455. The topological polar surface area (TPSA) is 110 Å². The van der Waals surface area contributed by atoms with E-state index in [1.165, 1.54) is 17.5 Å². The summed E-state index contributed by atoms with van der Waals surface area (Å²) in [4.78, 5) is 14.2. The number of halogens is 2. The van der Waals surface area contributed by atoms with Crippen molar-refractivity contribution in [1.82, 2.24) is 24.9 Å². The third kappa shape index (κ3) is 4.85. The van der Waals surface area contributed by atoms with Gasteiger partial charge in [-0.3, -0.25) is 9.48 Å². The molecule has 5 rings (SSSR count). The summed E-state index contributed by atoms with van der Waals surface area (Å²) in [6.45, 7) is 0.430. The molecule has 34 heavy (non-hydrogen) atoms. The molecule has 2 aliphatic rings. The summed E-state index contributed by atoms with van der Waals surface area (Å²) < 4.78 is 24.8. The molecule has 2 aromatic heterocycles. The predicted octanol–water partition coefficient (Wildman–Crippen LogP) is 3.41. The number of benzene rings is 1. The third-order valence-corrected chi connectivity index (χ3v) is 8.75. The average molecular weight is 523 g/mol. The number of anilines is 1. The highest BCUT2D eigenvalue weighted by Gasteiger charge is 2.25. The number of sulfone groups is 1. The summed E-state index contributed by atoms with van der Waals surface area (Å²) in [5, 5.41) is 19.2. The first-order valence-corrected chi connectivity index (χ1v) is 13.8. The van der Waals surface area contributed by atoms with Crippen LogP contribution in [-0.2, 0) is 21.2 Å². The normalized spacial score (nSPS) is 18.5. The number of rotatable bonds is 5. The summed E-state index contributed by atoms with van der Waals surface area (Å²) in [5.41, 5.74) is 1.28. The predicted molar refractivity (Wildman–Crippen MR) is 132 cm³/mol. The molecule has 2 fully saturated rings. The van der Waals surface area contributed by atoms with E-state index in [0.29, 0.717) is 33.2 Å². The van der Waals surface area contributed by atoms with Crippen LogP contribution < -0.4 is 5.32 Å². The highest BCUT2D eigenvalue weighted by molar-refractivity contribution is 7.91. The van der Waals surface area contributed by atoms with Gasteiger partial charge in [-0.05, 0) is 25.0 Å². The molecule has 180 valence electrons. The second kappa shape index (κ2) is 9.31. The zero-order valence-electron chi connectivity index (χ0n) is 18.4. The molecule has 3 heterocycles. The summed E-state index contributed by atoms with van der Waals surface area (Å²) >= 11 is 12.7. The van der Waals surface area contributed by atoms with Gasteiger partial charge in [-0.2, -0.15) is 5.10 Å². The lowest BCUT2D eigenvalue weighted by Crippen LogP contribution is -2.45. The van der Waals surface area contributed by atoms with Crippen molar-refractivity contribution in [3.63, 3.8) is 0 Å². The van der Waals surface area contributed by atoms with E-state index in [4.69, 9.17) is 23.2 Å². The number of fused-ring (bicyclic) bond motifs is 1. The molecule has 0 atom stereocenters. The molecule has 12 heteroatoms. The van der Waals surface area contributed by atoms with Gasteiger partial charge in [0.2, 0.25) is 5.91 Å². The van der Waals surface area contributed by atoms with Crippen molar-refractivity contribution in [3.8, 4) is 11.3 Å². The summed E-state index contributed by atoms with van der Waals surface area (Å²) in [7, 11) is -3.05. The Morgan fingerprint density at radius 1 is 1.06 bits per heavy atom. The second-order valence-corrected chi connectivity index (χ2v) is 11.9. The molecule has 1 aromatic carbocycles. The SMILES string of the molecule is O=C(Cn1cc(-c2nnc(NC3CCCC3)c3cc(Cl)c(Cl)cc23)cn1)N1CCS(=O)(=O)CC1. The van der Waals surface area contributed by atoms with E-state index in [1.54, 1.807) is 29.4 Å². The third-order valence-electron chi connectivity index (χ3n) is 6.42. The lowest BCUT2D eigenvalue weighted by atomic mass is 10.1. The van der Waals surface area contributed by atoms with Crippen molar-refractivity contribution in [2.75, 3.05) is 29.9 Å². The van der Waals surface area contributed by atoms with Gasteiger partial charge in [-0.1, -0.05) is 36.0 Å². The molecular formula is C22H24Cl2N6O3S. The van der Waals surface area contributed by atoms with Gasteiger partial charge in [0.05, 0.1) is 27.7 Å². The first-order chi connectivity index (χ1) is 16.3. The van der Waals surface area contributed by atoms with E-state index >= 15 is 0 Å². The lowest BCUT2D eigenvalue weighted by molar-refractivity contribution is -0.131. The molecule has 3 aromatic rings. The van der Waals surface area contributed by atoms with E-state index in [9.17, 15) is 13.2 Å². The average Bonchev–Trinajstić information content (AvgIpc) is 3.47. The van der Waals surface area contributed by atoms with Gasteiger partial charge in [0.15, 0.2) is 15.7 Å². The Hall–Kier alpha value is -2.43. The second-order valence-electron chi connectivity index (χ2n) is 8.79. The monoisotopic (exact) mass is 522 g/mol. The minimum atomic E-state index is -3.05. The zero-order valence-corrected chi connectivity index (χ0v) is 20.7. The van der Waals surface area contributed by atoms with Gasteiger partial charge < -0.3 is 10.2 Å². The molecule has 0 bridgehead atoms. The van der Waals surface area contributed by atoms with Crippen LogP contribution in [0.15, 0.2) is 24.5 Å². The Balaban J connectivity index is 1.41. The van der Waals surface area contributed by atoms with Crippen molar-refractivity contribution in [1.29, 1.82) is 0 Å². The molecule has 1 amide bonds. The maximum Gasteiger partial charge on any atom is 0.244 e. The fourth-order valence-corrected chi connectivity index (χ4v) is 6.03. The van der Waals surface area contributed by atoms with E-state index in [1.807, 2.05) is 0 Å². The van der Waals surface area contributed by atoms with Crippen LogP contribution in [0.2, 0.25) is 10.0 Å². The zero-order chi connectivity index (χ0) is 23.9. The first kappa shape index (κ1) is 23.3. The smallest absolute Gasteiger partial charge is 0.244 e. The van der Waals surface area contributed by atoms with Gasteiger partial charge in [0.1, 0.15) is 12.2 Å². The maximum absolute atomic E-state index is 12.6. The van der Waals surface area contributed by atoms with Crippen LogP contribution >= 0.6 is 23.2 Å². The number of carbonyl (C=O) groups excluding carboxylic acids is 1. The van der Waals surface area contributed by atoms with Gasteiger partial charge in [-0.15, -0.1) is 10.2 Å². The van der Waals surface area contributed by atoms with Crippen LogP contribution in [0.3, 0.4) is 0 Å². The van der Waals surface area contributed by atoms with Crippen LogP contribution in [0.1, 0.15) is 25.7 Å². The molecular weight excluding hydrogens is 499 g/mol. The number of aromatic nitrogens is 4. The van der Waals surface area contributed by atoms with Crippen LogP contribution in [0, 0.1) is 0 Å². The number of nitrogens with one attached hydrogen (secondary N) is 1. The minimum Gasteiger partial charge on any atom is -0.365 e. The standard InChI is InChI=1S/C22H24Cl2N6O3S/c23-18-9-16-17(10-19(18)24)22(26-15-3-1-2-4-15)28-27-21(16)14-11-25-30(12-14)13-20(31)29-5-7-34(32,33)8-6-29/h9-12,15H,1-8,13H2,(H,26,28). The largest absolute Gasteiger partial charge is 0.365 e. The lowest BCUT2D eigenvalue weighted by Gasteiger charge is -2.26. The van der Waals surface area contributed by atoms with Crippen molar-refractivity contribution < 1.29 is 13.2 Å². The summed E-state index contributed by atoms with van der Waals surface area (Å²) in [6, 6.07) is 3.93. The Kier molecular flexibility index (Phi) is 6.39. The van der Waals surface area contributed by atoms with E-state index in [2.05, 4.69) is 20.6 Å². The highest BCUT2D eigenvalue weighted by atomic mass is 35.5. The molecule has 1 saturated carbocycles. The van der Waals surface area contributed by atoms with Crippen LogP contribution in [0.5, 0.6) is 0 Å². The van der Waals surface area contributed by atoms with Gasteiger partial charge in [-0.25, -0.2) is 8.42 Å². The maximum atomic E-state index is 12.6. The molecule has 0 radical (unpaired) electrons. The number of nitrogens with zero attached hydrogens (tertiary/aromatic N) is 5. The molecule has 1 aliphatic carbocycles. The first-order valence-electron chi connectivity index (χ1n) is 11.2. The van der Waals surface area contributed by atoms with Crippen LogP contribution in [-0.4, -0.2) is 69.8 Å².